The molecule has 1 heterocycles. The number of nitrogens with zero attached hydrogens (tertiary/aromatic N) is 2. The Hall–Kier alpha value is -0.380. The van der Waals surface area contributed by atoms with E-state index in [1.54, 1.807) is 6.92 Å². The van der Waals surface area contributed by atoms with Crippen molar-refractivity contribution in [1.29, 1.82) is 0 Å². The van der Waals surface area contributed by atoms with Gasteiger partial charge in [0.1, 0.15) is 16.9 Å². The van der Waals surface area contributed by atoms with Crippen molar-refractivity contribution in [1.82, 2.24) is 9.97 Å². The predicted molar refractivity (Wildman–Crippen MR) is 56.7 cm³/mol. The minimum Gasteiger partial charge on any atom is -0.373 e. The van der Waals surface area contributed by atoms with Crippen molar-refractivity contribution in [3.8, 4) is 0 Å². The van der Waals surface area contributed by atoms with Crippen LogP contribution < -0.4 is 0 Å². The van der Waals surface area contributed by atoms with Gasteiger partial charge in [-0.2, -0.15) is 0 Å². The van der Waals surface area contributed by atoms with E-state index in [0.717, 1.165) is 6.42 Å². The lowest BCUT2D eigenvalue weighted by Crippen LogP contribution is -2.02. The van der Waals surface area contributed by atoms with Gasteiger partial charge >= 0.3 is 0 Å². The van der Waals surface area contributed by atoms with Crippen molar-refractivity contribution < 1.29 is 4.74 Å². The van der Waals surface area contributed by atoms with Gasteiger partial charge in [-0.25, -0.2) is 9.97 Å². The molecule has 0 aliphatic carbocycles. The molecule has 14 heavy (non-hydrogen) atoms. The fourth-order valence-electron chi connectivity index (χ4n) is 0.877. The number of halogens is 2. The summed E-state index contributed by atoms with van der Waals surface area (Å²) < 4.78 is 5.28. The van der Waals surface area contributed by atoms with Gasteiger partial charge < -0.3 is 4.74 Å². The molecule has 0 radical (unpaired) electrons. The summed E-state index contributed by atoms with van der Waals surface area (Å²) in [6, 6.07) is 0. The summed E-state index contributed by atoms with van der Waals surface area (Å²) >= 11 is 11.7. The van der Waals surface area contributed by atoms with Gasteiger partial charge in [-0.1, -0.05) is 30.1 Å². The second kappa shape index (κ2) is 5.49. The Morgan fingerprint density at radius 2 is 1.79 bits per heavy atom. The van der Waals surface area contributed by atoms with Crippen molar-refractivity contribution in [2.75, 3.05) is 6.61 Å². The van der Waals surface area contributed by atoms with Crippen LogP contribution in [0.4, 0.5) is 0 Å². The molecule has 0 amide bonds. The standard InChI is InChI=1S/C9H12Cl2N2O/c1-3-4-14-5-7-12-8(10)6(2)9(11)13-7/h3-5H2,1-2H3. The molecule has 78 valence electrons. The number of hydrogen-bond donors (Lipinski definition) is 0. The Labute approximate surface area is 93.4 Å². The first-order valence-electron chi connectivity index (χ1n) is 4.41. The van der Waals surface area contributed by atoms with Crippen molar-refractivity contribution in [3.05, 3.63) is 21.7 Å². The average Bonchev–Trinajstić information content (AvgIpc) is 2.14. The van der Waals surface area contributed by atoms with Crippen LogP contribution in [0.15, 0.2) is 0 Å². The van der Waals surface area contributed by atoms with Crippen LogP contribution in [-0.4, -0.2) is 16.6 Å². The van der Waals surface area contributed by atoms with Gasteiger partial charge in [-0.3, -0.25) is 0 Å². The molecular weight excluding hydrogens is 223 g/mol. The van der Waals surface area contributed by atoms with E-state index in [1.807, 2.05) is 6.92 Å². The summed E-state index contributed by atoms with van der Waals surface area (Å²) in [7, 11) is 0. The Kier molecular flexibility index (Phi) is 4.58. The zero-order valence-electron chi connectivity index (χ0n) is 8.18. The van der Waals surface area contributed by atoms with Crippen LogP contribution in [0.25, 0.3) is 0 Å². The number of aromatic nitrogens is 2. The molecule has 1 aromatic rings. The topological polar surface area (TPSA) is 35.0 Å². The minimum absolute atomic E-state index is 0.355. The summed E-state index contributed by atoms with van der Waals surface area (Å²) in [5.74, 6) is 0.527. The van der Waals surface area contributed by atoms with Crippen LogP contribution in [0.5, 0.6) is 0 Å². The zero-order valence-corrected chi connectivity index (χ0v) is 9.69. The summed E-state index contributed by atoms with van der Waals surface area (Å²) in [4.78, 5) is 8.10. The maximum atomic E-state index is 5.84. The second-order valence-corrected chi connectivity index (χ2v) is 3.62. The highest BCUT2D eigenvalue weighted by Gasteiger charge is 2.06. The van der Waals surface area contributed by atoms with Gasteiger partial charge in [0, 0.05) is 12.2 Å². The van der Waals surface area contributed by atoms with Crippen molar-refractivity contribution in [2.45, 2.75) is 26.9 Å². The van der Waals surface area contributed by atoms with E-state index < -0.39 is 0 Å². The first kappa shape index (κ1) is 11.7. The lowest BCUT2D eigenvalue weighted by atomic mass is 10.4. The van der Waals surface area contributed by atoms with Crippen LogP contribution in [0.3, 0.4) is 0 Å². The highest BCUT2D eigenvalue weighted by Crippen LogP contribution is 2.19. The van der Waals surface area contributed by atoms with Gasteiger partial charge in [0.15, 0.2) is 5.82 Å². The highest BCUT2D eigenvalue weighted by molar-refractivity contribution is 6.34. The average molecular weight is 235 g/mol. The van der Waals surface area contributed by atoms with E-state index in [4.69, 9.17) is 27.9 Å². The second-order valence-electron chi connectivity index (χ2n) is 2.90. The molecule has 0 fully saturated rings. The summed E-state index contributed by atoms with van der Waals surface area (Å²) in [6.45, 7) is 4.86. The summed E-state index contributed by atoms with van der Waals surface area (Å²) in [5.41, 5.74) is 0.701. The van der Waals surface area contributed by atoms with Crippen LogP contribution in [-0.2, 0) is 11.3 Å². The molecule has 0 saturated carbocycles. The molecule has 0 aromatic carbocycles. The molecule has 0 spiro atoms. The largest absolute Gasteiger partial charge is 0.373 e. The van der Waals surface area contributed by atoms with Crippen LogP contribution in [0, 0.1) is 6.92 Å². The van der Waals surface area contributed by atoms with Crippen LogP contribution in [0.1, 0.15) is 24.7 Å². The van der Waals surface area contributed by atoms with E-state index >= 15 is 0 Å². The molecule has 5 heteroatoms. The van der Waals surface area contributed by atoms with Gasteiger partial charge in [-0.05, 0) is 13.3 Å². The Balaban J connectivity index is 2.69. The maximum absolute atomic E-state index is 5.84. The van der Waals surface area contributed by atoms with Gasteiger partial charge in [0.2, 0.25) is 0 Å². The molecule has 0 atom stereocenters. The first-order valence-corrected chi connectivity index (χ1v) is 5.17. The molecule has 0 N–H and O–H groups in total. The smallest absolute Gasteiger partial charge is 0.157 e. The number of hydrogen-bond acceptors (Lipinski definition) is 3. The lowest BCUT2D eigenvalue weighted by Gasteiger charge is -2.04. The third kappa shape index (κ3) is 3.08. The first-order chi connectivity index (χ1) is 6.65. The molecule has 0 bridgehead atoms. The third-order valence-electron chi connectivity index (χ3n) is 1.65. The van der Waals surface area contributed by atoms with Crippen molar-refractivity contribution in [3.63, 3.8) is 0 Å². The molecule has 3 nitrogen and oxygen atoms in total. The monoisotopic (exact) mass is 234 g/mol. The Bertz CT molecular complexity index is 295. The highest BCUT2D eigenvalue weighted by atomic mass is 35.5. The molecule has 0 unspecified atom stereocenters. The molecular formula is C9H12Cl2N2O. The van der Waals surface area contributed by atoms with Gasteiger partial charge in [0.25, 0.3) is 0 Å². The van der Waals surface area contributed by atoms with E-state index in [2.05, 4.69) is 9.97 Å². The lowest BCUT2D eigenvalue weighted by molar-refractivity contribution is 0.116. The van der Waals surface area contributed by atoms with E-state index in [0.29, 0.717) is 34.9 Å². The molecule has 0 aliphatic heterocycles. The Morgan fingerprint density at radius 1 is 1.21 bits per heavy atom. The third-order valence-corrected chi connectivity index (χ3v) is 2.39. The van der Waals surface area contributed by atoms with E-state index in [1.165, 1.54) is 0 Å². The zero-order chi connectivity index (χ0) is 10.6. The van der Waals surface area contributed by atoms with Crippen molar-refractivity contribution in [2.24, 2.45) is 0 Å². The molecule has 0 saturated heterocycles. The van der Waals surface area contributed by atoms with E-state index in [9.17, 15) is 0 Å². The van der Waals surface area contributed by atoms with Crippen LogP contribution >= 0.6 is 23.2 Å². The fraction of sp³-hybridized carbons (Fsp3) is 0.556. The van der Waals surface area contributed by atoms with Crippen molar-refractivity contribution >= 4 is 23.2 Å². The quantitative estimate of drug-likeness (QED) is 0.594. The normalized spacial score (nSPS) is 10.6. The van der Waals surface area contributed by atoms with Gasteiger partial charge in [-0.15, -0.1) is 0 Å². The number of ether oxygens (including phenoxy) is 1. The SMILES string of the molecule is CCCOCc1nc(Cl)c(C)c(Cl)n1. The van der Waals surface area contributed by atoms with E-state index in [-0.39, 0.29) is 0 Å². The Morgan fingerprint density at radius 3 is 2.29 bits per heavy atom. The molecule has 1 aromatic heterocycles. The molecule has 1 rings (SSSR count). The summed E-state index contributed by atoms with van der Waals surface area (Å²) in [5, 5.41) is 0.778. The summed E-state index contributed by atoms with van der Waals surface area (Å²) in [6.07, 6.45) is 0.966. The van der Waals surface area contributed by atoms with Crippen LogP contribution in [0.2, 0.25) is 10.3 Å². The molecule has 0 aliphatic rings. The number of rotatable bonds is 4. The fourth-order valence-corrected chi connectivity index (χ4v) is 1.30. The predicted octanol–water partition coefficient (Wildman–Crippen LogP) is 3.02. The minimum atomic E-state index is 0.355. The van der Waals surface area contributed by atoms with Gasteiger partial charge in [0.05, 0.1) is 0 Å². The maximum Gasteiger partial charge on any atom is 0.157 e.